The van der Waals surface area contributed by atoms with E-state index in [0.717, 1.165) is 12.3 Å². The summed E-state index contributed by atoms with van der Waals surface area (Å²) in [5, 5.41) is 9.85. The molecule has 11 nitrogen and oxygen atoms in total. The minimum absolute atomic E-state index is 0.0741. The number of fused-ring (bicyclic) bond motifs is 1. The summed E-state index contributed by atoms with van der Waals surface area (Å²) < 4.78 is 42.9. The fraction of sp³-hybridized carbons (Fsp3) is 0.250. The van der Waals surface area contributed by atoms with E-state index >= 15 is 0 Å². The number of benzene rings is 1. The summed E-state index contributed by atoms with van der Waals surface area (Å²) >= 11 is 0. The Bertz CT molecular complexity index is 1690. The zero-order valence-corrected chi connectivity index (χ0v) is 21.6. The zero-order chi connectivity index (χ0) is 27.1. The second-order valence-corrected chi connectivity index (χ2v) is 11.3. The molecule has 3 aromatic heterocycles. The molecule has 3 heterocycles. The molecule has 37 heavy (non-hydrogen) atoms. The average molecular weight is 528 g/mol. The molecule has 1 aromatic carbocycles. The van der Waals surface area contributed by atoms with Gasteiger partial charge in [-0.05, 0) is 44.5 Å². The molecule has 0 spiro atoms. The van der Waals surface area contributed by atoms with Crippen LogP contribution in [-0.4, -0.2) is 40.0 Å². The molecule has 0 fully saturated rings. The van der Waals surface area contributed by atoms with E-state index in [1.807, 2.05) is 20.8 Å². The number of carbonyl (C=O) groups excluding carboxylic acids is 1. The Hall–Kier alpha value is -4.26. The van der Waals surface area contributed by atoms with Crippen molar-refractivity contribution in [1.82, 2.24) is 19.3 Å². The van der Waals surface area contributed by atoms with Crippen LogP contribution in [0.5, 0.6) is 0 Å². The maximum absolute atomic E-state index is 14.5. The first kappa shape index (κ1) is 25.8. The fourth-order valence-electron chi connectivity index (χ4n) is 3.64. The summed E-state index contributed by atoms with van der Waals surface area (Å²) in [6, 6.07) is 6.30. The molecule has 194 valence electrons. The monoisotopic (exact) mass is 527 g/mol. The zero-order valence-electron chi connectivity index (χ0n) is 20.8. The van der Waals surface area contributed by atoms with Crippen LogP contribution in [0.3, 0.4) is 0 Å². The predicted molar refractivity (Wildman–Crippen MR) is 141 cm³/mol. The van der Waals surface area contributed by atoms with E-state index in [9.17, 15) is 22.4 Å². The van der Waals surface area contributed by atoms with E-state index in [-0.39, 0.29) is 22.6 Å². The lowest BCUT2D eigenvalue weighted by Gasteiger charge is -2.18. The number of pyridine rings is 2. The van der Waals surface area contributed by atoms with Crippen molar-refractivity contribution in [3.63, 3.8) is 0 Å². The first-order valence-electron chi connectivity index (χ1n) is 11.1. The molecule has 0 radical (unpaired) electrons. The highest BCUT2D eigenvalue weighted by Crippen LogP contribution is 2.26. The van der Waals surface area contributed by atoms with E-state index in [2.05, 4.69) is 25.4 Å². The smallest absolute Gasteiger partial charge is 0.311 e. The molecule has 13 heteroatoms. The Morgan fingerprint density at radius 3 is 2.46 bits per heavy atom. The highest BCUT2D eigenvalue weighted by atomic mass is 32.2. The maximum atomic E-state index is 14.5. The molecule has 0 saturated carbocycles. The second kappa shape index (κ2) is 9.32. The van der Waals surface area contributed by atoms with Crippen LogP contribution in [-0.2, 0) is 22.6 Å². The molecule has 0 saturated heterocycles. The summed E-state index contributed by atoms with van der Waals surface area (Å²) in [6.45, 7) is 5.88. The van der Waals surface area contributed by atoms with E-state index in [1.54, 1.807) is 16.9 Å². The predicted octanol–water partition coefficient (Wildman–Crippen LogP) is 3.71. The van der Waals surface area contributed by atoms with Crippen LogP contribution in [0.2, 0.25) is 0 Å². The number of urea groups is 1. The number of nitrogens with one attached hydrogen (secondary N) is 3. The highest BCUT2D eigenvalue weighted by Gasteiger charge is 2.17. The van der Waals surface area contributed by atoms with Crippen molar-refractivity contribution in [3.05, 3.63) is 65.1 Å². The van der Waals surface area contributed by atoms with Gasteiger partial charge in [-0.2, -0.15) is 5.10 Å². The van der Waals surface area contributed by atoms with Gasteiger partial charge in [-0.25, -0.2) is 22.6 Å². The number of aromatic nitrogens is 4. The van der Waals surface area contributed by atoms with Gasteiger partial charge in [-0.1, -0.05) is 6.07 Å². The summed E-state index contributed by atoms with van der Waals surface area (Å²) in [5.41, 5.74) is 0.708. The number of carbonyl (C=O) groups is 1. The van der Waals surface area contributed by atoms with Gasteiger partial charge >= 0.3 is 6.03 Å². The Balaban J connectivity index is 1.63. The van der Waals surface area contributed by atoms with Gasteiger partial charge in [0, 0.05) is 36.5 Å². The van der Waals surface area contributed by atoms with Gasteiger partial charge in [0.2, 0.25) is 10.0 Å². The third kappa shape index (κ3) is 5.77. The van der Waals surface area contributed by atoms with E-state index < -0.39 is 27.4 Å². The second-order valence-electron chi connectivity index (χ2n) is 9.54. The molecule has 3 N–H and O–H groups in total. The lowest BCUT2D eigenvalue weighted by molar-refractivity contribution is 0.262. The molecule has 0 atom stereocenters. The van der Waals surface area contributed by atoms with Gasteiger partial charge in [0.05, 0.1) is 34.9 Å². The maximum Gasteiger partial charge on any atom is 0.323 e. The van der Waals surface area contributed by atoms with Crippen LogP contribution < -0.4 is 20.9 Å². The molecule has 0 aliphatic carbocycles. The summed E-state index contributed by atoms with van der Waals surface area (Å²) in [4.78, 5) is 29.7. The number of rotatable bonds is 5. The van der Waals surface area contributed by atoms with Crippen molar-refractivity contribution in [3.8, 4) is 11.1 Å². The van der Waals surface area contributed by atoms with Crippen LogP contribution in [0.15, 0.2) is 53.7 Å². The average Bonchev–Trinajstić information content (AvgIpc) is 3.26. The minimum Gasteiger partial charge on any atom is -0.311 e. The largest absolute Gasteiger partial charge is 0.323 e. The quantitative estimate of drug-likeness (QED) is 0.362. The molecule has 4 rings (SSSR count). The van der Waals surface area contributed by atoms with Crippen LogP contribution in [0.4, 0.5) is 26.4 Å². The van der Waals surface area contributed by atoms with Crippen molar-refractivity contribution >= 4 is 44.1 Å². The number of halogens is 1. The summed E-state index contributed by atoms with van der Waals surface area (Å²) in [5.74, 6) is -0.606. The standard InChI is InChI=1S/C24H26FN7O4S/c1-24(2,3)32-13-16(12-27-32)28-23(34)29-19-9-14(6-7-18(19)25)17-8-15-11-26-21(30-37(5,35)36)10-20(15)31(4)22(17)33/h6-13H,1-5H3,(H,26,30)(H2,28,29,34). The normalized spacial score (nSPS) is 11.9. The van der Waals surface area contributed by atoms with Crippen molar-refractivity contribution in [2.24, 2.45) is 7.05 Å². The summed E-state index contributed by atoms with van der Waals surface area (Å²) in [6.07, 6.45) is 5.58. The number of amides is 2. The highest BCUT2D eigenvalue weighted by molar-refractivity contribution is 7.92. The Morgan fingerprint density at radius 1 is 1.08 bits per heavy atom. The first-order valence-corrected chi connectivity index (χ1v) is 13.0. The fourth-order valence-corrected chi connectivity index (χ4v) is 4.14. The van der Waals surface area contributed by atoms with E-state index in [0.29, 0.717) is 22.2 Å². The number of hydrogen-bond acceptors (Lipinski definition) is 6. The van der Waals surface area contributed by atoms with Crippen molar-refractivity contribution in [2.45, 2.75) is 26.3 Å². The minimum atomic E-state index is -3.54. The Kier molecular flexibility index (Phi) is 6.50. The lowest BCUT2D eigenvalue weighted by Crippen LogP contribution is -2.22. The number of anilines is 3. The van der Waals surface area contributed by atoms with E-state index in [4.69, 9.17) is 0 Å². The van der Waals surface area contributed by atoms with Gasteiger partial charge in [0.1, 0.15) is 11.6 Å². The van der Waals surface area contributed by atoms with Gasteiger partial charge in [0.15, 0.2) is 0 Å². The van der Waals surface area contributed by atoms with Gasteiger partial charge in [0.25, 0.3) is 5.56 Å². The summed E-state index contributed by atoms with van der Waals surface area (Å²) in [7, 11) is -2.01. The molecule has 4 aromatic rings. The van der Waals surface area contributed by atoms with Crippen molar-refractivity contribution < 1.29 is 17.6 Å². The Labute approximate surface area is 212 Å². The van der Waals surface area contributed by atoms with Gasteiger partial charge in [-0.3, -0.25) is 14.2 Å². The molecular weight excluding hydrogens is 501 g/mol. The number of sulfonamides is 1. The third-order valence-corrected chi connectivity index (χ3v) is 6.03. The van der Waals surface area contributed by atoms with Crippen molar-refractivity contribution in [1.29, 1.82) is 0 Å². The molecule has 0 bridgehead atoms. The number of aryl methyl sites for hydroxylation is 1. The Morgan fingerprint density at radius 2 is 1.81 bits per heavy atom. The molecule has 0 aliphatic heterocycles. The number of nitrogens with zero attached hydrogens (tertiary/aromatic N) is 4. The van der Waals surface area contributed by atoms with Gasteiger partial charge < -0.3 is 15.2 Å². The molecular formula is C24H26FN7O4S. The van der Waals surface area contributed by atoms with Crippen molar-refractivity contribution in [2.75, 3.05) is 21.6 Å². The van der Waals surface area contributed by atoms with Gasteiger partial charge in [-0.15, -0.1) is 0 Å². The van der Waals surface area contributed by atoms with Crippen LogP contribution in [0.1, 0.15) is 20.8 Å². The molecule has 0 unspecified atom stereocenters. The SMILES string of the molecule is Cn1c(=O)c(-c2ccc(F)c(NC(=O)Nc3cnn(C(C)(C)C)c3)c2)cc2cnc(NS(C)(=O)=O)cc21. The van der Waals surface area contributed by atoms with Crippen LogP contribution >= 0.6 is 0 Å². The van der Waals surface area contributed by atoms with Crippen LogP contribution in [0, 0.1) is 5.82 Å². The topological polar surface area (TPSA) is 140 Å². The number of hydrogen-bond donors (Lipinski definition) is 3. The first-order chi connectivity index (χ1) is 17.2. The molecule has 2 amide bonds. The van der Waals surface area contributed by atoms with E-state index in [1.165, 1.54) is 42.2 Å². The van der Waals surface area contributed by atoms with Crippen LogP contribution in [0.25, 0.3) is 22.0 Å². The molecule has 0 aliphatic rings. The lowest BCUT2D eigenvalue weighted by atomic mass is 10.0. The third-order valence-electron chi connectivity index (χ3n) is 5.45.